The van der Waals surface area contributed by atoms with Crippen molar-refractivity contribution in [3.05, 3.63) is 65.5 Å². The third-order valence-electron chi connectivity index (χ3n) is 4.30. The summed E-state index contributed by atoms with van der Waals surface area (Å²) >= 11 is 0. The molecule has 5 nitrogen and oxygen atoms in total. The van der Waals surface area contributed by atoms with Crippen LogP contribution in [0, 0.1) is 0 Å². The molecular weight excluding hydrogens is 314 g/mol. The van der Waals surface area contributed by atoms with E-state index in [1.807, 2.05) is 24.3 Å². The molecule has 0 aliphatic carbocycles. The molecule has 1 N–H and O–H groups in total. The predicted octanol–water partition coefficient (Wildman–Crippen LogP) is 4.06. The van der Waals surface area contributed by atoms with Crippen LogP contribution in [0.25, 0.3) is 11.0 Å². The first-order valence-electron chi connectivity index (χ1n) is 8.43. The van der Waals surface area contributed by atoms with Crippen LogP contribution in [-0.2, 0) is 17.8 Å². The summed E-state index contributed by atoms with van der Waals surface area (Å²) in [7, 11) is 1.36. The van der Waals surface area contributed by atoms with Gasteiger partial charge in [-0.15, -0.1) is 0 Å². The number of para-hydroxylation sites is 2. The van der Waals surface area contributed by atoms with E-state index in [1.165, 1.54) is 18.2 Å². The molecule has 0 fully saturated rings. The molecule has 0 aliphatic heterocycles. The standard InChI is InChI=1S/C20H23N3O2/c1-14(2)16-10-8-15(9-11-16)13-23-18-7-5-4-6-17(18)22-19(23)12-21-20(24)25-3/h4-11,14H,12-13H2,1-3H3,(H,21,24). The molecule has 3 rings (SSSR count). The zero-order chi connectivity index (χ0) is 17.8. The fourth-order valence-corrected chi connectivity index (χ4v) is 2.85. The average molecular weight is 337 g/mol. The Morgan fingerprint density at radius 1 is 1.16 bits per heavy atom. The second kappa shape index (κ2) is 7.38. The van der Waals surface area contributed by atoms with Gasteiger partial charge in [-0.2, -0.15) is 0 Å². The van der Waals surface area contributed by atoms with Crippen LogP contribution in [0.5, 0.6) is 0 Å². The van der Waals surface area contributed by atoms with Crippen LogP contribution in [0.1, 0.15) is 36.7 Å². The highest BCUT2D eigenvalue weighted by molar-refractivity contribution is 5.76. The Morgan fingerprint density at radius 3 is 2.56 bits per heavy atom. The number of aromatic nitrogens is 2. The summed E-state index contributed by atoms with van der Waals surface area (Å²) in [6.45, 7) is 5.41. The molecule has 3 aromatic rings. The summed E-state index contributed by atoms with van der Waals surface area (Å²) in [5.41, 5.74) is 4.50. The zero-order valence-corrected chi connectivity index (χ0v) is 14.8. The number of nitrogens with zero attached hydrogens (tertiary/aromatic N) is 2. The Balaban J connectivity index is 1.91. The molecule has 0 unspecified atom stereocenters. The van der Waals surface area contributed by atoms with E-state index in [4.69, 9.17) is 0 Å². The lowest BCUT2D eigenvalue weighted by molar-refractivity contribution is 0.170. The maximum atomic E-state index is 11.4. The lowest BCUT2D eigenvalue weighted by Crippen LogP contribution is -2.24. The molecule has 0 atom stereocenters. The second-order valence-corrected chi connectivity index (χ2v) is 6.34. The molecule has 0 saturated carbocycles. The Morgan fingerprint density at radius 2 is 1.88 bits per heavy atom. The van der Waals surface area contributed by atoms with E-state index in [1.54, 1.807) is 0 Å². The SMILES string of the molecule is COC(=O)NCc1nc2ccccc2n1Cc1ccc(C(C)C)cc1. The first-order chi connectivity index (χ1) is 12.1. The van der Waals surface area contributed by atoms with Gasteiger partial charge in [0, 0.05) is 6.54 Å². The third kappa shape index (κ3) is 3.82. The summed E-state index contributed by atoms with van der Waals surface area (Å²) in [5, 5.41) is 2.72. The van der Waals surface area contributed by atoms with Crippen LogP contribution in [0.2, 0.25) is 0 Å². The van der Waals surface area contributed by atoms with Crippen molar-refractivity contribution in [1.29, 1.82) is 0 Å². The first kappa shape index (κ1) is 17.0. The third-order valence-corrected chi connectivity index (χ3v) is 4.30. The Bertz CT molecular complexity index is 866. The number of methoxy groups -OCH3 is 1. The van der Waals surface area contributed by atoms with Crippen LogP contribution in [0.3, 0.4) is 0 Å². The summed E-state index contributed by atoms with van der Waals surface area (Å²) < 4.78 is 6.79. The first-order valence-corrected chi connectivity index (χ1v) is 8.43. The summed E-state index contributed by atoms with van der Waals surface area (Å²) in [6, 6.07) is 16.6. The van der Waals surface area contributed by atoms with E-state index >= 15 is 0 Å². The molecule has 130 valence electrons. The number of carbonyl (C=O) groups excluding carboxylic acids is 1. The van der Waals surface area contributed by atoms with Crippen LogP contribution in [0.4, 0.5) is 4.79 Å². The quantitative estimate of drug-likeness (QED) is 0.764. The number of hydrogen-bond donors (Lipinski definition) is 1. The fraction of sp³-hybridized carbons (Fsp3) is 0.300. The van der Waals surface area contributed by atoms with Crippen molar-refractivity contribution in [1.82, 2.24) is 14.9 Å². The zero-order valence-electron chi connectivity index (χ0n) is 14.8. The van der Waals surface area contributed by atoms with Gasteiger partial charge in [-0.1, -0.05) is 50.2 Å². The number of amides is 1. The maximum absolute atomic E-state index is 11.4. The number of imidazole rings is 1. The molecule has 0 spiro atoms. The van der Waals surface area contributed by atoms with Gasteiger partial charge in [0.1, 0.15) is 5.82 Å². The topological polar surface area (TPSA) is 56.1 Å². The molecule has 25 heavy (non-hydrogen) atoms. The Kier molecular flexibility index (Phi) is 5.03. The smallest absolute Gasteiger partial charge is 0.407 e. The van der Waals surface area contributed by atoms with E-state index in [0.29, 0.717) is 19.0 Å². The van der Waals surface area contributed by atoms with Crippen molar-refractivity contribution in [2.75, 3.05) is 7.11 Å². The van der Waals surface area contributed by atoms with Crippen molar-refractivity contribution < 1.29 is 9.53 Å². The molecule has 2 aromatic carbocycles. The molecule has 0 bridgehead atoms. The van der Waals surface area contributed by atoms with Gasteiger partial charge in [0.25, 0.3) is 0 Å². The second-order valence-electron chi connectivity index (χ2n) is 6.34. The van der Waals surface area contributed by atoms with E-state index in [0.717, 1.165) is 16.9 Å². The monoisotopic (exact) mass is 337 g/mol. The van der Waals surface area contributed by atoms with Crippen molar-refractivity contribution in [2.24, 2.45) is 0 Å². The maximum Gasteiger partial charge on any atom is 0.407 e. The van der Waals surface area contributed by atoms with Gasteiger partial charge in [-0.05, 0) is 29.2 Å². The van der Waals surface area contributed by atoms with Crippen LogP contribution in [0.15, 0.2) is 48.5 Å². The predicted molar refractivity (Wildman–Crippen MR) is 98.6 cm³/mol. The van der Waals surface area contributed by atoms with Gasteiger partial charge in [0.2, 0.25) is 0 Å². The molecule has 1 heterocycles. The Hall–Kier alpha value is -2.82. The highest BCUT2D eigenvalue weighted by atomic mass is 16.5. The number of carbonyl (C=O) groups is 1. The van der Waals surface area contributed by atoms with E-state index < -0.39 is 6.09 Å². The van der Waals surface area contributed by atoms with E-state index in [2.05, 4.69) is 57.7 Å². The van der Waals surface area contributed by atoms with Gasteiger partial charge in [-0.25, -0.2) is 9.78 Å². The minimum absolute atomic E-state index is 0.325. The van der Waals surface area contributed by atoms with Crippen molar-refractivity contribution >= 4 is 17.1 Å². The normalized spacial score (nSPS) is 11.0. The number of nitrogens with one attached hydrogen (secondary N) is 1. The lowest BCUT2D eigenvalue weighted by Gasteiger charge is -2.11. The van der Waals surface area contributed by atoms with Gasteiger partial charge < -0.3 is 14.6 Å². The van der Waals surface area contributed by atoms with Gasteiger partial charge in [0.15, 0.2) is 0 Å². The molecule has 0 aliphatic rings. The molecule has 0 saturated heterocycles. The van der Waals surface area contributed by atoms with Crippen LogP contribution < -0.4 is 5.32 Å². The summed E-state index contributed by atoms with van der Waals surface area (Å²) in [6.07, 6.45) is -0.458. The fourth-order valence-electron chi connectivity index (χ4n) is 2.85. The van der Waals surface area contributed by atoms with Crippen LogP contribution in [-0.4, -0.2) is 22.8 Å². The summed E-state index contributed by atoms with van der Waals surface area (Å²) in [4.78, 5) is 16.1. The minimum Gasteiger partial charge on any atom is -0.453 e. The Labute approximate surface area is 147 Å². The average Bonchev–Trinajstić information content (AvgIpc) is 2.98. The van der Waals surface area contributed by atoms with Crippen LogP contribution >= 0.6 is 0 Å². The number of benzene rings is 2. The highest BCUT2D eigenvalue weighted by Gasteiger charge is 2.12. The van der Waals surface area contributed by atoms with Crippen molar-refractivity contribution in [2.45, 2.75) is 32.9 Å². The van der Waals surface area contributed by atoms with Gasteiger partial charge in [-0.3, -0.25) is 0 Å². The molecular formula is C20H23N3O2. The largest absolute Gasteiger partial charge is 0.453 e. The van der Waals surface area contributed by atoms with Crippen molar-refractivity contribution in [3.63, 3.8) is 0 Å². The number of fused-ring (bicyclic) bond motifs is 1. The van der Waals surface area contributed by atoms with Gasteiger partial charge in [0.05, 0.1) is 24.7 Å². The highest BCUT2D eigenvalue weighted by Crippen LogP contribution is 2.20. The van der Waals surface area contributed by atoms with E-state index in [9.17, 15) is 4.79 Å². The van der Waals surface area contributed by atoms with E-state index in [-0.39, 0.29) is 0 Å². The number of alkyl carbamates (subject to hydrolysis) is 1. The van der Waals surface area contributed by atoms with Crippen molar-refractivity contribution in [3.8, 4) is 0 Å². The molecule has 1 amide bonds. The number of rotatable bonds is 5. The molecule has 5 heteroatoms. The lowest BCUT2D eigenvalue weighted by atomic mass is 10.0. The van der Waals surface area contributed by atoms with Gasteiger partial charge >= 0.3 is 6.09 Å². The molecule has 1 aromatic heterocycles. The summed E-state index contributed by atoms with van der Waals surface area (Å²) in [5.74, 6) is 1.32. The number of hydrogen-bond acceptors (Lipinski definition) is 3. The molecule has 0 radical (unpaired) electrons. The number of ether oxygens (including phenoxy) is 1. The minimum atomic E-state index is -0.458.